The molecule has 1 amide bonds. The van der Waals surface area contributed by atoms with Gasteiger partial charge in [0.2, 0.25) is 5.91 Å². The van der Waals surface area contributed by atoms with Crippen LogP contribution in [0, 0.1) is 0 Å². The summed E-state index contributed by atoms with van der Waals surface area (Å²) in [5, 5.41) is 0.837. The summed E-state index contributed by atoms with van der Waals surface area (Å²) in [6, 6.07) is 6.80. The molecular weight excluding hydrogens is 293 g/mol. The lowest BCUT2D eigenvalue weighted by Crippen LogP contribution is -2.34. The first-order valence-corrected chi connectivity index (χ1v) is 6.16. The molecule has 0 atom stereocenters. The maximum atomic E-state index is 11.4. The van der Waals surface area contributed by atoms with Gasteiger partial charge in [-0.25, -0.2) is 0 Å². The number of nitrogens with zero attached hydrogens (tertiary/aromatic N) is 1. The highest BCUT2D eigenvalue weighted by Crippen LogP contribution is 2.18. The number of halogens is 2. The molecule has 0 aliphatic heterocycles. The van der Waals surface area contributed by atoms with Crippen LogP contribution in [-0.2, 0) is 9.59 Å². The van der Waals surface area contributed by atoms with E-state index in [4.69, 9.17) is 11.6 Å². The fourth-order valence-electron chi connectivity index (χ4n) is 1.22. The van der Waals surface area contributed by atoms with Gasteiger partial charge in [0.1, 0.15) is 0 Å². The number of Topliss-reactive ketones (excluding diaryl/α,β-unsaturated/α-hetero) is 1. The molecule has 3 nitrogen and oxygen atoms in total. The van der Waals surface area contributed by atoms with Gasteiger partial charge in [-0.15, -0.1) is 0 Å². The van der Waals surface area contributed by atoms with E-state index in [1.807, 2.05) is 0 Å². The Morgan fingerprint density at radius 3 is 2.31 bits per heavy atom. The summed E-state index contributed by atoms with van der Waals surface area (Å²) in [7, 11) is 0. The second kappa shape index (κ2) is 6.01. The maximum Gasteiger partial charge on any atom is 0.224 e. The van der Waals surface area contributed by atoms with Crippen LogP contribution < -0.4 is 4.90 Å². The van der Waals surface area contributed by atoms with Crippen molar-refractivity contribution >= 4 is 44.9 Å². The smallest absolute Gasteiger partial charge is 0.224 e. The van der Waals surface area contributed by atoms with Crippen molar-refractivity contribution in [3.8, 4) is 0 Å². The van der Waals surface area contributed by atoms with Gasteiger partial charge in [0.05, 0.1) is 11.9 Å². The SMILES string of the molecule is CC(=O)N(CC(=O)CBr)c1ccc(Cl)cc1. The van der Waals surface area contributed by atoms with E-state index in [1.54, 1.807) is 24.3 Å². The van der Waals surface area contributed by atoms with Crippen molar-refractivity contribution < 1.29 is 9.59 Å². The molecule has 0 saturated carbocycles. The molecule has 0 saturated heterocycles. The lowest BCUT2D eigenvalue weighted by molar-refractivity contribution is -0.120. The molecular formula is C11H11BrClNO2. The largest absolute Gasteiger partial charge is 0.305 e. The van der Waals surface area contributed by atoms with E-state index in [-0.39, 0.29) is 23.6 Å². The zero-order valence-electron chi connectivity index (χ0n) is 8.74. The van der Waals surface area contributed by atoms with Gasteiger partial charge in [-0.05, 0) is 24.3 Å². The minimum Gasteiger partial charge on any atom is -0.305 e. The molecule has 1 aromatic carbocycles. The molecule has 0 spiro atoms. The summed E-state index contributed by atoms with van der Waals surface area (Å²) >= 11 is 8.82. The van der Waals surface area contributed by atoms with Gasteiger partial charge >= 0.3 is 0 Å². The lowest BCUT2D eigenvalue weighted by atomic mass is 10.2. The summed E-state index contributed by atoms with van der Waals surface area (Å²) < 4.78 is 0. The number of amides is 1. The number of anilines is 1. The molecule has 0 radical (unpaired) electrons. The van der Waals surface area contributed by atoms with Gasteiger partial charge in [0.15, 0.2) is 5.78 Å². The van der Waals surface area contributed by atoms with Gasteiger partial charge in [0, 0.05) is 17.6 Å². The number of rotatable bonds is 4. The van der Waals surface area contributed by atoms with E-state index < -0.39 is 0 Å². The number of carbonyl (C=O) groups excluding carboxylic acids is 2. The van der Waals surface area contributed by atoms with Gasteiger partial charge in [-0.1, -0.05) is 27.5 Å². The molecule has 5 heteroatoms. The minimum atomic E-state index is -0.170. The summed E-state index contributed by atoms with van der Waals surface area (Å²) in [5.41, 5.74) is 0.672. The van der Waals surface area contributed by atoms with E-state index in [1.165, 1.54) is 11.8 Å². The number of benzene rings is 1. The molecule has 0 aliphatic carbocycles. The van der Waals surface area contributed by atoms with Crippen LogP contribution >= 0.6 is 27.5 Å². The van der Waals surface area contributed by atoms with Crippen molar-refractivity contribution in [2.75, 3.05) is 16.8 Å². The lowest BCUT2D eigenvalue weighted by Gasteiger charge is -2.19. The van der Waals surface area contributed by atoms with Gasteiger partial charge in [-0.3, -0.25) is 9.59 Å². The monoisotopic (exact) mass is 303 g/mol. The molecule has 0 unspecified atom stereocenters. The van der Waals surface area contributed by atoms with E-state index in [0.717, 1.165) is 0 Å². The zero-order valence-corrected chi connectivity index (χ0v) is 11.1. The minimum absolute atomic E-state index is 0.0508. The first-order valence-electron chi connectivity index (χ1n) is 4.66. The van der Waals surface area contributed by atoms with E-state index in [0.29, 0.717) is 10.7 Å². The van der Waals surface area contributed by atoms with Gasteiger partial charge in [0.25, 0.3) is 0 Å². The summed E-state index contributed by atoms with van der Waals surface area (Å²) in [6.07, 6.45) is 0. The highest BCUT2D eigenvalue weighted by atomic mass is 79.9. The summed E-state index contributed by atoms with van der Waals surface area (Å²) in [4.78, 5) is 24.1. The van der Waals surface area contributed by atoms with Crippen molar-refractivity contribution in [3.05, 3.63) is 29.3 Å². The highest BCUT2D eigenvalue weighted by molar-refractivity contribution is 9.09. The third-order valence-electron chi connectivity index (χ3n) is 2.00. The first-order chi connectivity index (χ1) is 7.54. The number of alkyl halides is 1. The Morgan fingerprint density at radius 2 is 1.88 bits per heavy atom. The molecule has 0 fully saturated rings. The predicted molar refractivity (Wildman–Crippen MR) is 68.3 cm³/mol. The Morgan fingerprint density at radius 1 is 1.31 bits per heavy atom. The maximum absolute atomic E-state index is 11.4. The molecule has 0 aliphatic rings. The molecule has 0 aromatic heterocycles. The number of hydrogen-bond acceptors (Lipinski definition) is 2. The fourth-order valence-corrected chi connectivity index (χ4v) is 1.53. The van der Waals surface area contributed by atoms with E-state index in [2.05, 4.69) is 15.9 Å². The van der Waals surface area contributed by atoms with Crippen molar-refractivity contribution in [2.24, 2.45) is 0 Å². The Balaban J connectivity index is 2.89. The van der Waals surface area contributed by atoms with E-state index in [9.17, 15) is 9.59 Å². The van der Waals surface area contributed by atoms with Crippen molar-refractivity contribution in [1.82, 2.24) is 0 Å². The van der Waals surface area contributed by atoms with Crippen LogP contribution in [0.4, 0.5) is 5.69 Å². The standard InChI is InChI=1S/C11H11BrClNO2/c1-8(15)14(7-11(16)6-12)10-4-2-9(13)3-5-10/h2-5H,6-7H2,1H3. The quantitative estimate of drug-likeness (QED) is 0.802. The average molecular weight is 305 g/mol. The van der Waals surface area contributed by atoms with Crippen molar-refractivity contribution in [2.45, 2.75) is 6.92 Å². The first kappa shape index (κ1) is 13.2. The topological polar surface area (TPSA) is 37.4 Å². The molecule has 86 valence electrons. The van der Waals surface area contributed by atoms with Crippen LogP contribution in [0.3, 0.4) is 0 Å². The van der Waals surface area contributed by atoms with Crippen LogP contribution in [0.15, 0.2) is 24.3 Å². The predicted octanol–water partition coefficient (Wildman–Crippen LogP) is 2.66. The van der Waals surface area contributed by atoms with Crippen LogP contribution in [0.5, 0.6) is 0 Å². The molecule has 1 rings (SSSR count). The van der Waals surface area contributed by atoms with Gasteiger partial charge < -0.3 is 4.90 Å². The van der Waals surface area contributed by atoms with Crippen molar-refractivity contribution in [1.29, 1.82) is 0 Å². The Labute approximate surface area is 108 Å². The zero-order chi connectivity index (χ0) is 12.1. The van der Waals surface area contributed by atoms with Crippen LogP contribution in [0.1, 0.15) is 6.92 Å². The average Bonchev–Trinajstić information content (AvgIpc) is 2.26. The number of carbonyl (C=O) groups is 2. The normalized spacial score (nSPS) is 9.94. The summed E-state index contributed by atoms with van der Waals surface area (Å²) in [5.74, 6) is -0.221. The van der Waals surface area contributed by atoms with Crippen LogP contribution in [0.2, 0.25) is 5.02 Å². The van der Waals surface area contributed by atoms with Crippen LogP contribution in [0.25, 0.3) is 0 Å². The Bertz CT molecular complexity index is 391. The molecule has 0 N–H and O–H groups in total. The highest BCUT2D eigenvalue weighted by Gasteiger charge is 2.14. The second-order valence-electron chi connectivity index (χ2n) is 3.25. The molecule has 1 aromatic rings. The molecule has 0 heterocycles. The molecule has 0 bridgehead atoms. The van der Waals surface area contributed by atoms with Gasteiger partial charge in [-0.2, -0.15) is 0 Å². The van der Waals surface area contributed by atoms with Crippen molar-refractivity contribution in [3.63, 3.8) is 0 Å². The van der Waals surface area contributed by atoms with E-state index >= 15 is 0 Å². The Hall–Kier alpha value is -0.870. The third kappa shape index (κ3) is 3.61. The van der Waals surface area contributed by atoms with Crippen LogP contribution in [-0.4, -0.2) is 23.6 Å². The molecule has 16 heavy (non-hydrogen) atoms. The third-order valence-corrected chi connectivity index (χ3v) is 2.88. The number of ketones is 1. The fraction of sp³-hybridized carbons (Fsp3) is 0.273. The Kier molecular flexibility index (Phi) is 4.96. The summed E-state index contributed by atoms with van der Waals surface area (Å²) in [6.45, 7) is 1.50. The second-order valence-corrected chi connectivity index (χ2v) is 4.25. The number of hydrogen-bond donors (Lipinski definition) is 0.